The average molecular weight is 310 g/mol. The number of nitrogens with zero attached hydrogens (tertiary/aromatic N) is 1. The quantitative estimate of drug-likeness (QED) is 0.365. The first kappa shape index (κ1) is 17.6. The molecule has 0 aliphatic rings. The van der Waals surface area contributed by atoms with E-state index < -0.39 is 34.4 Å². The summed E-state index contributed by atoms with van der Waals surface area (Å²) in [5.74, 6) is -3.97. The van der Waals surface area contributed by atoms with Crippen LogP contribution in [0.25, 0.3) is 0 Å². The van der Waals surface area contributed by atoms with Crippen molar-refractivity contribution in [1.82, 2.24) is 0 Å². The fraction of sp³-hybridized carbons (Fsp3) is 0.429. The molecule has 120 valence electrons. The van der Waals surface area contributed by atoms with Gasteiger partial charge in [-0.05, 0) is 26.3 Å². The molecule has 2 atom stereocenters. The Kier molecular flexibility index (Phi) is 5.21. The molecule has 1 aromatic rings. The van der Waals surface area contributed by atoms with Crippen LogP contribution in [0.15, 0.2) is 24.3 Å². The Balaban J connectivity index is 3.03. The van der Waals surface area contributed by atoms with Crippen molar-refractivity contribution in [3.8, 4) is 0 Å². The summed E-state index contributed by atoms with van der Waals surface area (Å²) in [6, 6.07) is 3.87. The molecular formula is C14H18N2O6. The van der Waals surface area contributed by atoms with Gasteiger partial charge >= 0.3 is 11.9 Å². The number of benzene rings is 1. The van der Waals surface area contributed by atoms with Gasteiger partial charge in [0, 0.05) is 12.1 Å². The average Bonchev–Trinajstić information content (AvgIpc) is 2.36. The van der Waals surface area contributed by atoms with Gasteiger partial charge in [-0.15, -0.1) is 0 Å². The lowest BCUT2D eigenvalue weighted by molar-refractivity contribution is -0.384. The molecule has 0 aliphatic heterocycles. The number of carbonyl (C=O) groups is 2. The van der Waals surface area contributed by atoms with Crippen LogP contribution < -0.4 is 5.73 Å². The Morgan fingerprint density at radius 3 is 2.14 bits per heavy atom. The number of esters is 1. The topological polar surface area (TPSA) is 133 Å². The minimum atomic E-state index is -1.60. The molecule has 3 N–H and O–H groups in total. The van der Waals surface area contributed by atoms with Crippen LogP contribution in [0.2, 0.25) is 0 Å². The number of rotatable bonds is 5. The Bertz CT molecular complexity index is 576. The largest absolute Gasteiger partial charge is 0.481 e. The highest BCUT2D eigenvalue weighted by atomic mass is 16.6. The van der Waals surface area contributed by atoms with Crippen LogP contribution in [0.1, 0.15) is 32.4 Å². The molecule has 2 unspecified atom stereocenters. The second-order valence-corrected chi connectivity index (χ2v) is 5.72. The smallest absolute Gasteiger partial charge is 0.322 e. The maximum Gasteiger partial charge on any atom is 0.322 e. The molecular weight excluding hydrogens is 292 g/mol. The predicted octanol–water partition coefficient (Wildman–Crippen LogP) is 1.64. The first-order chi connectivity index (χ1) is 10.0. The van der Waals surface area contributed by atoms with Gasteiger partial charge in [0.05, 0.1) is 11.0 Å². The van der Waals surface area contributed by atoms with Crippen molar-refractivity contribution < 1.29 is 24.4 Å². The summed E-state index contributed by atoms with van der Waals surface area (Å²) in [6.07, 6.45) is 0. The number of carboxylic acids is 1. The van der Waals surface area contributed by atoms with E-state index in [1.807, 2.05) is 0 Å². The van der Waals surface area contributed by atoms with E-state index in [2.05, 4.69) is 0 Å². The number of hydrogen-bond acceptors (Lipinski definition) is 6. The summed E-state index contributed by atoms with van der Waals surface area (Å²) >= 11 is 0. The Labute approximate surface area is 127 Å². The van der Waals surface area contributed by atoms with Crippen molar-refractivity contribution >= 4 is 17.6 Å². The summed E-state index contributed by atoms with van der Waals surface area (Å²) < 4.78 is 5.06. The molecule has 0 saturated heterocycles. The minimum absolute atomic E-state index is 0.153. The maximum atomic E-state index is 12.0. The second kappa shape index (κ2) is 6.52. The SMILES string of the molecule is CC(C)(C)OC(=O)C(C(=O)O)C(N)c1ccc([N+](=O)[O-])cc1. The van der Waals surface area contributed by atoms with E-state index in [0.717, 1.165) is 0 Å². The molecule has 0 saturated carbocycles. The van der Waals surface area contributed by atoms with Gasteiger partial charge in [0.15, 0.2) is 5.92 Å². The minimum Gasteiger partial charge on any atom is -0.481 e. The molecule has 0 fully saturated rings. The molecule has 0 spiro atoms. The van der Waals surface area contributed by atoms with E-state index in [4.69, 9.17) is 10.5 Å². The van der Waals surface area contributed by atoms with Gasteiger partial charge in [-0.2, -0.15) is 0 Å². The summed E-state index contributed by atoms with van der Waals surface area (Å²) in [4.78, 5) is 33.3. The third-order valence-electron chi connectivity index (χ3n) is 2.77. The zero-order valence-electron chi connectivity index (χ0n) is 12.5. The lowest BCUT2D eigenvalue weighted by atomic mass is 9.93. The van der Waals surface area contributed by atoms with Crippen molar-refractivity contribution in [1.29, 1.82) is 0 Å². The summed E-state index contributed by atoms with van der Waals surface area (Å²) in [6.45, 7) is 4.84. The van der Waals surface area contributed by atoms with Gasteiger partial charge in [-0.3, -0.25) is 19.7 Å². The molecule has 0 aromatic heterocycles. The van der Waals surface area contributed by atoms with Crippen LogP contribution >= 0.6 is 0 Å². The Morgan fingerprint density at radius 1 is 1.27 bits per heavy atom. The molecule has 1 rings (SSSR count). The lowest BCUT2D eigenvalue weighted by Gasteiger charge is -2.25. The van der Waals surface area contributed by atoms with Crippen LogP contribution in [0, 0.1) is 16.0 Å². The first-order valence-electron chi connectivity index (χ1n) is 6.48. The monoisotopic (exact) mass is 310 g/mol. The van der Waals surface area contributed by atoms with Gasteiger partial charge in [-0.1, -0.05) is 12.1 Å². The number of hydrogen-bond donors (Lipinski definition) is 2. The molecule has 1 aromatic carbocycles. The second-order valence-electron chi connectivity index (χ2n) is 5.72. The van der Waals surface area contributed by atoms with Crippen LogP contribution in [-0.2, 0) is 14.3 Å². The van der Waals surface area contributed by atoms with E-state index in [9.17, 15) is 24.8 Å². The van der Waals surface area contributed by atoms with E-state index in [1.54, 1.807) is 20.8 Å². The molecule has 0 heterocycles. The maximum absolute atomic E-state index is 12.0. The molecule has 0 amide bonds. The van der Waals surface area contributed by atoms with E-state index in [-0.39, 0.29) is 5.69 Å². The van der Waals surface area contributed by atoms with Gasteiger partial charge in [-0.25, -0.2) is 0 Å². The highest BCUT2D eigenvalue weighted by molar-refractivity contribution is 5.95. The molecule has 0 radical (unpaired) electrons. The molecule has 0 bridgehead atoms. The predicted molar refractivity (Wildman–Crippen MR) is 77.0 cm³/mol. The highest BCUT2D eigenvalue weighted by Gasteiger charge is 2.37. The Hall–Kier alpha value is -2.48. The number of carbonyl (C=O) groups excluding carboxylic acids is 1. The number of nitrogens with two attached hydrogens (primary N) is 1. The molecule has 8 heteroatoms. The molecule has 0 aliphatic carbocycles. The number of non-ortho nitro benzene ring substituents is 1. The van der Waals surface area contributed by atoms with Crippen molar-refractivity contribution in [2.45, 2.75) is 32.4 Å². The van der Waals surface area contributed by atoms with Gasteiger partial charge in [0.2, 0.25) is 0 Å². The number of nitro groups is 1. The normalized spacial score (nSPS) is 14.0. The zero-order valence-corrected chi connectivity index (χ0v) is 12.5. The number of carboxylic acid groups (broad SMARTS) is 1. The van der Waals surface area contributed by atoms with Gasteiger partial charge in [0.1, 0.15) is 5.60 Å². The third-order valence-corrected chi connectivity index (χ3v) is 2.77. The highest BCUT2D eigenvalue weighted by Crippen LogP contribution is 2.25. The van der Waals surface area contributed by atoms with Crippen molar-refractivity contribution in [3.63, 3.8) is 0 Å². The standard InChI is InChI=1S/C14H18N2O6/c1-14(2,3)22-13(19)10(12(17)18)11(15)8-4-6-9(7-5-8)16(20)21/h4-7,10-11H,15H2,1-3H3,(H,17,18). The van der Waals surface area contributed by atoms with Crippen LogP contribution in [0.5, 0.6) is 0 Å². The van der Waals surface area contributed by atoms with Crippen LogP contribution in [0.4, 0.5) is 5.69 Å². The zero-order chi connectivity index (χ0) is 17.1. The lowest BCUT2D eigenvalue weighted by Crippen LogP contribution is -2.39. The molecule has 8 nitrogen and oxygen atoms in total. The van der Waals surface area contributed by atoms with Crippen molar-refractivity contribution in [2.75, 3.05) is 0 Å². The van der Waals surface area contributed by atoms with E-state index in [1.165, 1.54) is 24.3 Å². The van der Waals surface area contributed by atoms with Gasteiger partial charge in [0.25, 0.3) is 5.69 Å². The fourth-order valence-corrected chi connectivity index (χ4v) is 1.78. The molecule has 22 heavy (non-hydrogen) atoms. The van der Waals surface area contributed by atoms with Gasteiger partial charge < -0.3 is 15.6 Å². The fourth-order valence-electron chi connectivity index (χ4n) is 1.78. The van der Waals surface area contributed by atoms with Crippen molar-refractivity contribution in [3.05, 3.63) is 39.9 Å². The van der Waals surface area contributed by atoms with E-state index in [0.29, 0.717) is 5.56 Å². The van der Waals surface area contributed by atoms with Crippen LogP contribution in [-0.4, -0.2) is 27.6 Å². The number of nitro benzene ring substituents is 1. The Morgan fingerprint density at radius 2 is 1.77 bits per heavy atom. The summed E-state index contributed by atoms with van der Waals surface area (Å²) in [5, 5.41) is 19.8. The number of ether oxygens (including phenoxy) is 1. The van der Waals surface area contributed by atoms with Crippen LogP contribution in [0.3, 0.4) is 0 Å². The summed E-state index contributed by atoms with van der Waals surface area (Å²) in [5.41, 5.74) is 5.13. The summed E-state index contributed by atoms with van der Waals surface area (Å²) in [7, 11) is 0. The third kappa shape index (κ3) is 4.52. The first-order valence-corrected chi connectivity index (χ1v) is 6.48. The van der Waals surface area contributed by atoms with Crippen molar-refractivity contribution in [2.24, 2.45) is 11.7 Å². The van der Waals surface area contributed by atoms with E-state index >= 15 is 0 Å². The number of aliphatic carboxylic acids is 1.